The van der Waals surface area contributed by atoms with E-state index in [1.165, 1.54) is 43.6 Å². The van der Waals surface area contributed by atoms with Gasteiger partial charge in [0.25, 0.3) is 0 Å². The summed E-state index contributed by atoms with van der Waals surface area (Å²) in [5, 5.41) is 4.98. The Morgan fingerprint density at radius 1 is 0.268 bits per heavy atom. The van der Waals surface area contributed by atoms with Gasteiger partial charge in [0, 0.05) is 49.6 Å². The Hall–Kier alpha value is -7.56. The average molecular weight is 715 g/mol. The van der Waals surface area contributed by atoms with Crippen LogP contribution in [0, 0.1) is 0 Å². The largest absolute Gasteiger partial charge is 0.309 e. The Kier molecular flexibility index (Phi) is 7.46. The lowest BCUT2D eigenvalue weighted by Gasteiger charge is -2.13. The Balaban J connectivity index is 1.03. The van der Waals surface area contributed by atoms with Crippen molar-refractivity contribution in [2.45, 2.75) is 0 Å². The van der Waals surface area contributed by atoms with Crippen molar-refractivity contribution in [2.24, 2.45) is 0 Å². The van der Waals surface area contributed by atoms with Gasteiger partial charge in [0.15, 0.2) is 5.82 Å². The van der Waals surface area contributed by atoms with Crippen LogP contribution < -0.4 is 0 Å². The third-order valence-corrected chi connectivity index (χ3v) is 10.9. The lowest BCUT2D eigenvalue weighted by molar-refractivity contribution is 1.16. The van der Waals surface area contributed by atoms with E-state index < -0.39 is 0 Å². The summed E-state index contributed by atoms with van der Waals surface area (Å²) >= 11 is 0. The van der Waals surface area contributed by atoms with Gasteiger partial charge in [0.2, 0.25) is 0 Å². The highest BCUT2D eigenvalue weighted by atomic mass is 15.0. The first-order valence-corrected chi connectivity index (χ1v) is 19.0. The zero-order valence-electron chi connectivity index (χ0n) is 30.4. The van der Waals surface area contributed by atoms with Crippen LogP contribution in [0.25, 0.3) is 100 Å². The van der Waals surface area contributed by atoms with Crippen molar-refractivity contribution in [3.05, 3.63) is 206 Å². The normalized spacial score (nSPS) is 11.6. The third kappa shape index (κ3) is 5.31. The summed E-state index contributed by atoms with van der Waals surface area (Å²) in [7, 11) is 0. The van der Waals surface area contributed by atoms with E-state index in [0.29, 0.717) is 5.82 Å². The topological polar surface area (TPSA) is 35.6 Å². The summed E-state index contributed by atoms with van der Waals surface area (Å²) in [6.07, 6.45) is 0. The zero-order valence-corrected chi connectivity index (χ0v) is 30.4. The van der Waals surface area contributed by atoms with Crippen LogP contribution in [0.3, 0.4) is 0 Å². The van der Waals surface area contributed by atoms with Gasteiger partial charge >= 0.3 is 0 Å². The second-order valence-electron chi connectivity index (χ2n) is 14.2. The Morgan fingerprint density at radius 2 is 0.643 bits per heavy atom. The number of para-hydroxylation sites is 4. The number of fused-ring (bicyclic) bond motifs is 6. The SMILES string of the molecule is c1ccc(-c2cc(-c3cccc(-c4cccc(-n5c6ccccc6c6ccccc65)c4)c3)nc(-c3cccc(-n4c5ccccc5c5ccccc54)c3)n2)cc1. The minimum absolute atomic E-state index is 0.683. The van der Waals surface area contributed by atoms with E-state index in [1.807, 2.05) is 6.07 Å². The molecule has 0 saturated heterocycles. The molecule has 4 nitrogen and oxygen atoms in total. The molecule has 4 heteroatoms. The molecule has 0 amide bonds. The van der Waals surface area contributed by atoms with E-state index in [0.717, 1.165) is 50.6 Å². The second-order valence-corrected chi connectivity index (χ2v) is 14.2. The maximum Gasteiger partial charge on any atom is 0.160 e. The number of benzene rings is 8. The summed E-state index contributed by atoms with van der Waals surface area (Å²) in [5.41, 5.74) is 14.0. The molecule has 0 bridgehead atoms. The van der Waals surface area contributed by atoms with Crippen LogP contribution in [0.1, 0.15) is 0 Å². The molecule has 8 aromatic carbocycles. The summed E-state index contributed by atoms with van der Waals surface area (Å²) < 4.78 is 4.71. The fourth-order valence-corrected chi connectivity index (χ4v) is 8.35. The van der Waals surface area contributed by atoms with Gasteiger partial charge in [-0.2, -0.15) is 0 Å². The summed E-state index contributed by atoms with van der Waals surface area (Å²) in [6, 6.07) is 73.2. The molecule has 11 aromatic rings. The number of aromatic nitrogens is 4. The quantitative estimate of drug-likeness (QED) is 0.172. The molecule has 0 radical (unpaired) electrons. The van der Waals surface area contributed by atoms with Gasteiger partial charge in [0.1, 0.15) is 0 Å². The van der Waals surface area contributed by atoms with Gasteiger partial charge in [-0.05, 0) is 71.8 Å². The molecule has 56 heavy (non-hydrogen) atoms. The van der Waals surface area contributed by atoms with E-state index in [-0.39, 0.29) is 0 Å². The van der Waals surface area contributed by atoms with Gasteiger partial charge < -0.3 is 9.13 Å². The van der Waals surface area contributed by atoms with Gasteiger partial charge in [-0.15, -0.1) is 0 Å². The minimum atomic E-state index is 0.683. The zero-order chi connectivity index (χ0) is 37.0. The van der Waals surface area contributed by atoms with Crippen LogP contribution in [0.15, 0.2) is 206 Å². The molecule has 262 valence electrons. The van der Waals surface area contributed by atoms with Crippen LogP contribution in [0.5, 0.6) is 0 Å². The highest BCUT2D eigenvalue weighted by Gasteiger charge is 2.16. The first kappa shape index (κ1) is 31.9. The molecule has 0 aliphatic carbocycles. The molecule has 0 unspecified atom stereocenters. The van der Waals surface area contributed by atoms with Crippen LogP contribution in [-0.2, 0) is 0 Å². The van der Waals surface area contributed by atoms with Gasteiger partial charge in [-0.1, -0.05) is 146 Å². The monoisotopic (exact) mass is 714 g/mol. The summed E-state index contributed by atoms with van der Waals surface area (Å²) in [4.78, 5) is 10.5. The first-order valence-electron chi connectivity index (χ1n) is 19.0. The van der Waals surface area contributed by atoms with Crippen LogP contribution in [0.4, 0.5) is 0 Å². The standard InChI is InChI=1S/C52H34N4/c1-2-15-35(16-3-1)46-34-47(54-52(53-46)39-20-14-22-41(33-39)56-50-29-10-6-25-44(50)45-26-7-11-30-51(45)56)38-19-12-17-36(31-38)37-18-13-21-40(32-37)55-48-27-8-4-23-42(48)43-24-5-9-28-49(43)55/h1-34H. The molecule has 0 saturated carbocycles. The van der Waals surface area contributed by atoms with Gasteiger partial charge in [0.05, 0.1) is 33.5 Å². The molecule has 0 atom stereocenters. The lowest BCUT2D eigenvalue weighted by atomic mass is 10.00. The van der Waals surface area contributed by atoms with Crippen molar-refractivity contribution < 1.29 is 0 Å². The fraction of sp³-hybridized carbons (Fsp3) is 0. The molecule has 11 rings (SSSR count). The maximum atomic E-state index is 5.28. The van der Waals surface area contributed by atoms with Crippen molar-refractivity contribution in [2.75, 3.05) is 0 Å². The summed E-state index contributed by atoms with van der Waals surface area (Å²) in [6.45, 7) is 0. The van der Waals surface area contributed by atoms with E-state index in [4.69, 9.17) is 9.97 Å². The smallest absolute Gasteiger partial charge is 0.160 e. The van der Waals surface area contributed by atoms with Crippen LogP contribution >= 0.6 is 0 Å². The predicted octanol–water partition coefficient (Wildman–Crippen LogP) is 13.3. The predicted molar refractivity (Wildman–Crippen MR) is 232 cm³/mol. The van der Waals surface area contributed by atoms with Crippen LogP contribution in [0.2, 0.25) is 0 Å². The molecule has 3 heterocycles. The first-order chi connectivity index (χ1) is 27.8. The second kappa shape index (κ2) is 13.1. The van der Waals surface area contributed by atoms with Crippen molar-refractivity contribution in [1.82, 2.24) is 19.1 Å². The molecule has 0 fully saturated rings. The fourth-order valence-electron chi connectivity index (χ4n) is 8.35. The van der Waals surface area contributed by atoms with Gasteiger partial charge in [-0.3, -0.25) is 0 Å². The van der Waals surface area contributed by atoms with Crippen LogP contribution in [-0.4, -0.2) is 19.1 Å². The van der Waals surface area contributed by atoms with E-state index in [2.05, 4.69) is 209 Å². The molecular weight excluding hydrogens is 681 g/mol. The molecule has 0 N–H and O–H groups in total. The van der Waals surface area contributed by atoms with E-state index in [1.54, 1.807) is 0 Å². The number of rotatable bonds is 6. The molecule has 3 aromatic heterocycles. The number of hydrogen-bond donors (Lipinski definition) is 0. The van der Waals surface area contributed by atoms with Crippen molar-refractivity contribution in [1.29, 1.82) is 0 Å². The minimum Gasteiger partial charge on any atom is -0.309 e. The number of nitrogens with zero attached hydrogens (tertiary/aromatic N) is 4. The van der Waals surface area contributed by atoms with Gasteiger partial charge in [-0.25, -0.2) is 9.97 Å². The summed E-state index contributed by atoms with van der Waals surface area (Å²) in [5.74, 6) is 0.683. The maximum absolute atomic E-state index is 5.28. The Labute approximate surface area is 324 Å². The molecule has 0 spiro atoms. The molecular formula is C52H34N4. The molecule has 0 aliphatic heterocycles. The molecule has 0 aliphatic rings. The Morgan fingerprint density at radius 3 is 1.18 bits per heavy atom. The van der Waals surface area contributed by atoms with Crippen molar-refractivity contribution in [3.63, 3.8) is 0 Å². The highest BCUT2D eigenvalue weighted by Crippen LogP contribution is 2.36. The lowest BCUT2D eigenvalue weighted by Crippen LogP contribution is -1.98. The Bertz CT molecular complexity index is 3150. The van der Waals surface area contributed by atoms with E-state index in [9.17, 15) is 0 Å². The highest BCUT2D eigenvalue weighted by molar-refractivity contribution is 6.10. The third-order valence-electron chi connectivity index (χ3n) is 10.9. The van der Waals surface area contributed by atoms with E-state index >= 15 is 0 Å². The van der Waals surface area contributed by atoms with Crippen molar-refractivity contribution >= 4 is 43.6 Å². The average Bonchev–Trinajstić information content (AvgIpc) is 3.80. The number of hydrogen-bond acceptors (Lipinski definition) is 2. The van der Waals surface area contributed by atoms with Crippen molar-refractivity contribution in [3.8, 4) is 56.4 Å².